The summed E-state index contributed by atoms with van der Waals surface area (Å²) in [4.78, 5) is 18.2. The molecule has 0 saturated carbocycles. The first-order valence-electron chi connectivity index (χ1n) is 5.06. The third-order valence-electron chi connectivity index (χ3n) is 1.06. The van der Waals surface area contributed by atoms with E-state index in [0.717, 1.165) is 0 Å². The van der Waals surface area contributed by atoms with Crippen molar-refractivity contribution in [1.82, 2.24) is 0 Å². The second-order valence-electron chi connectivity index (χ2n) is 2.70. The predicted octanol–water partition coefficient (Wildman–Crippen LogP) is 0.756. The monoisotopic (exact) mass is 302 g/mol. The number of rotatable bonds is 5. The molecule has 1 unspecified atom stereocenters. The number of primary amides is 2. The van der Waals surface area contributed by atoms with Gasteiger partial charge in [0, 0.05) is 13.2 Å². The molecule has 0 aliphatic carbocycles. The number of ether oxygens (including phenoxy) is 2. The molecule has 0 aromatic carbocycles. The summed E-state index contributed by atoms with van der Waals surface area (Å²) in [6, 6.07) is 0. The fraction of sp³-hybridized carbons (Fsp3) is 0.778. The Morgan fingerprint density at radius 1 is 1.11 bits per heavy atom. The molecule has 0 aliphatic rings. The standard InChI is InChI=1S/C7H16O3.2CH3NOS/c1-4-9-7(6(3)8)10-5-2;2*2-1(3)4/h6-8H,4-5H2,1-3H3;2*(H3,2,3,4). The van der Waals surface area contributed by atoms with Crippen LogP contribution in [0, 0.1) is 0 Å². The van der Waals surface area contributed by atoms with Gasteiger partial charge < -0.3 is 26.0 Å². The maximum Gasteiger partial charge on any atom is 0.273 e. The number of amides is 2. The first kappa shape index (κ1) is 22.7. The van der Waals surface area contributed by atoms with Gasteiger partial charge in [0.2, 0.25) is 0 Å². The minimum Gasteiger partial charge on any atom is -0.388 e. The van der Waals surface area contributed by atoms with Gasteiger partial charge in [0.1, 0.15) is 6.10 Å². The second-order valence-corrected chi connectivity index (χ2v) is 3.58. The van der Waals surface area contributed by atoms with Gasteiger partial charge in [-0.3, -0.25) is 9.59 Å². The summed E-state index contributed by atoms with van der Waals surface area (Å²) in [6.07, 6.45) is -1.02. The molecule has 2 amide bonds. The van der Waals surface area contributed by atoms with Crippen molar-refractivity contribution in [2.24, 2.45) is 11.5 Å². The average molecular weight is 302 g/mol. The molecule has 1 atom stereocenters. The van der Waals surface area contributed by atoms with Gasteiger partial charge in [-0.15, -0.1) is 0 Å². The van der Waals surface area contributed by atoms with Crippen LogP contribution in [-0.4, -0.2) is 41.2 Å². The van der Waals surface area contributed by atoms with E-state index < -0.39 is 22.9 Å². The molecular weight excluding hydrogens is 280 g/mol. The van der Waals surface area contributed by atoms with Crippen molar-refractivity contribution in [3.05, 3.63) is 0 Å². The first-order valence-corrected chi connectivity index (χ1v) is 5.96. The largest absolute Gasteiger partial charge is 0.388 e. The number of thiol groups is 2. The molecule has 0 bridgehead atoms. The minimum atomic E-state index is -0.639. The van der Waals surface area contributed by atoms with Gasteiger partial charge in [-0.1, -0.05) is 25.3 Å². The first-order chi connectivity index (χ1) is 8.18. The van der Waals surface area contributed by atoms with Crippen LogP contribution < -0.4 is 11.5 Å². The van der Waals surface area contributed by atoms with Crippen molar-refractivity contribution in [3.8, 4) is 0 Å². The summed E-state index contributed by atoms with van der Waals surface area (Å²) in [6.45, 7) is 6.52. The third-order valence-corrected chi connectivity index (χ3v) is 1.06. The zero-order chi connectivity index (χ0) is 15.1. The molecule has 0 radical (unpaired) electrons. The zero-order valence-corrected chi connectivity index (χ0v) is 12.5. The smallest absolute Gasteiger partial charge is 0.273 e. The van der Waals surface area contributed by atoms with Gasteiger partial charge in [-0.25, -0.2) is 0 Å². The second kappa shape index (κ2) is 16.5. The summed E-state index contributed by atoms with van der Waals surface area (Å²) >= 11 is 6.21. The Kier molecular flexibility index (Phi) is 20.8. The van der Waals surface area contributed by atoms with E-state index in [1.54, 1.807) is 6.92 Å². The normalized spacial score (nSPS) is 10.6. The number of aliphatic hydroxyl groups is 1. The summed E-state index contributed by atoms with van der Waals surface area (Å²) < 4.78 is 10.1. The molecule has 0 aliphatic heterocycles. The van der Waals surface area contributed by atoms with Crippen LogP contribution in [0.2, 0.25) is 0 Å². The summed E-state index contributed by atoms with van der Waals surface area (Å²) in [5.74, 6) is 0. The number of carbonyl (C=O) groups is 2. The van der Waals surface area contributed by atoms with Gasteiger partial charge in [-0.05, 0) is 20.8 Å². The molecule has 110 valence electrons. The van der Waals surface area contributed by atoms with E-state index in [9.17, 15) is 0 Å². The SMILES string of the molecule is CCOC(OCC)C(C)O.NC(=O)S.NC(=O)S. The van der Waals surface area contributed by atoms with Gasteiger partial charge in [0.05, 0.1) is 0 Å². The third kappa shape index (κ3) is 36.1. The maximum atomic E-state index is 9.09. The summed E-state index contributed by atoms with van der Waals surface area (Å²) in [5, 5.41) is 7.75. The molecule has 0 fully saturated rings. The Morgan fingerprint density at radius 3 is 1.44 bits per heavy atom. The van der Waals surface area contributed by atoms with Crippen LogP contribution in [0.4, 0.5) is 9.59 Å². The highest BCUT2D eigenvalue weighted by atomic mass is 32.1. The molecule has 0 rings (SSSR count). The molecule has 0 aromatic rings. The van der Waals surface area contributed by atoms with Crippen LogP contribution in [0.1, 0.15) is 20.8 Å². The zero-order valence-electron chi connectivity index (χ0n) is 10.7. The van der Waals surface area contributed by atoms with Crippen LogP contribution in [0.25, 0.3) is 0 Å². The lowest BCUT2D eigenvalue weighted by atomic mass is 10.4. The van der Waals surface area contributed by atoms with Crippen LogP contribution in [-0.2, 0) is 9.47 Å². The number of nitrogens with two attached hydrogens (primary N) is 2. The Balaban J connectivity index is -0.000000233. The molecule has 0 aromatic heterocycles. The van der Waals surface area contributed by atoms with E-state index >= 15 is 0 Å². The van der Waals surface area contributed by atoms with Crippen molar-refractivity contribution in [1.29, 1.82) is 0 Å². The van der Waals surface area contributed by atoms with Crippen LogP contribution in [0.15, 0.2) is 0 Å². The Labute approximate surface area is 118 Å². The van der Waals surface area contributed by atoms with E-state index in [1.165, 1.54) is 0 Å². The van der Waals surface area contributed by atoms with Crippen molar-refractivity contribution >= 4 is 35.7 Å². The maximum absolute atomic E-state index is 9.09. The summed E-state index contributed by atoms with van der Waals surface area (Å²) in [5.41, 5.74) is 8.67. The predicted molar refractivity (Wildman–Crippen MR) is 75.9 cm³/mol. The van der Waals surface area contributed by atoms with Crippen molar-refractivity contribution in [2.75, 3.05) is 13.2 Å². The van der Waals surface area contributed by atoms with Crippen LogP contribution in [0.5, 0.6) is 0 Å². The van der Waals surface area contributed by atoms with Crippen LogP contribution >= 0.6 is 25.3 Å². The molecule has 9 heteroatoms. The lowest BCUT2D eigenvalue weighted by Gasteiger charge is -2.18. The molecule has 0 heterocycles. The van der Waals surface area contributed by atoms with E-state index in [1.807, 2.05) is 13.8 Å². The van der Waals surface area contributed by atoms with Crippen molar-refractivity contribution < 1.29 is 24.2 Å². The Bertz CT molecular complexity index is 191. The van der Waals surface area contributed by atoms with Gasteiger partial charge in [0.25, 0.3) is 10.5 Å². The molecule has 7 nitrogen and oxygen atoms in total. The minimum absolute atomic E-state index is 0.463. The highest BCUT2D eigenvalue weighted by Crippen LogP contribution is 2.00. The fourth-order valence-corrected chi connectivity index (χ4v) is 0.655. The quantitative estimate of drug-likeness (QED) is 0.379. The lowest BCUT2D eigenvalue weighted by molar-refractivity contribution is -0.184. The highest BCUT2D eigenvalue weighted by molar-refractivity contribution is 7.96. The highest BCUT2D eigenvalue weighted by Gasteiger charge is 2.13. The molecular formula is C9H22N2O5S2. The number of hydrogen-bond acceptors (Lipinski definition) is 5. The van der Waals surface area contributed by atoms with Gasteiger partial charge in [-0.2, -0.15) is 0 Å². The molecule has 0 spiro atoms. The number of aliphatic hydroxyl groups excluding tert-OH is 1. The Morgan fingerprint density at radius 2 is 1.33 bits per heavy atom. The Hall–Kier alpha value is -0.480. The van der Waals surface area contributed by atoms with Crippen molar-refractivity contribution in [3.63, 3.8) is 0 Å². The average Bonchev–Trinajstić information content (AvgIpc) is 2.15. The lowest BCUT2D eigenvalue weighted by Crippen LogP contribution is -2.29. The fourth-order valence-electron chi connectivity index (χ4n) is 0.655. The molecule has 0 saturated heterocycles. The molecule has 5 N–H and O–H groups in total. The van der Waals surface area contributed by atoms with Gasteiger partial charge >= 0.3 is 0 Å². The van der Waals surface area contributed by atoms with Crippen LogP contribution in [0.3, 0.4) is 0 Å². The van der Waals surface area contributed by atoms with E-state index in [2.05, 4.69) is 36.7 Å². The van der Waals surface area contributed by atoms with E-state index in [4.69, 9.17) is 24.2 Å². The number of hydrogen-bond donors (Lipinski definition) is 5. The topological polar surface area (TPSA) is 125 Å². The summed E-state index contributed by atoms with van der Waals surface area (Å²) in [7, 11) is 0. The van der Waals surface area contributed by atoms with Gasteiger partial charge in [0.15, 0.2) is 6.29 Å². The van der Waals surface area contributed by atoms with E-state index in [0.29, 0.717) is 13.2 Å². The van der Waals surface area contributed by atoms with E-state index in [-0.39, 0.29) is 0 Å². The number of carbonyl (C=O) groups excluding carboxylic acids is 2. The van der Waals surface area contributed by atoms with Crippen molar-refractivity contribution in [2.45, 2.75) is 33.2 Å². The molecule has 18 heavy (non-hydrogen) atoms.